The van der Waals surface area contributed by atoms with Gasteiger partial charge in [-0.1, -0.05) is 12.1 Å². The van der Waals surface area contributed by atoms with Crippen molar-refractivity contribution in [1.82, 2.24) is 20.0 Å². The van der Waals surface area contributed by atoms with E-state index in [-0.39, 0.29) is 0 Å². The number of aryl methyl sites for hydroxylation is 2. The van der Waals surface area contributed by atoms with E-state index in [1.165, 1.54) is 0 Å². The third-order valence-electron chi connectivity index (χ3n) is 3.48. The van der Waals surface area contributed by atoms with Crippen LogP contribution in [0.1, 0.15) is 50.2 Å². The van der Waals surface area contributed by atoms with Crippen LogP contribution >= 0.6 is 0 Å². The molecule has 1 N–H and O–H groups in total. The van der Waals surface area contributed by atoms with Crippen molar-refractivity contribution in [2.24, 2.45) is 5.10 Å². The number of hydrogen-bond acceptors (Lipinski definition) is 7. The first-order chi connectivity index (χ1) is 11.0. The highest BCUT2D eigenvalue weighted by Gasteiger charge is 2.23. The summed E-state index contributed by atoms with van der Waals surface area (Å²) >= 11 is 0. The highest BCUT2D eigenvalue weighted by Crippen LogP contribution is 2.26. The number of pyridine rings is 1. The largest absolute Gasteiger partial charge is 0.462 e. The van der Waals surface area contributed by atoms with Crippen LogP contribution in [-0.4, -0.2) is 38.3 Å². The molecule has 2 rings (SSSR count). The highest BCUT2D eigenvalue weighted by molar-refractivity contribution is 6.05. The van der Waals surface area contributed by atoms with E-state index in [9.17, 15) is 4.79 Å². The summed E-state index contributed by atoms with van der Waals surface area (Å²) in [6, 6.07) is 0. The maximum Gasteiger partial charge on any atom is 0.342 e. The molecule has 8 nitrogen and oxygen atoms in total. The number of rotatable bonds is 6. The molecule has 0 aromatic carbocycles. The predicted octanol–water partition coefficient (Wildman–Crippen LogP) is 2.53. The molecule has 0 atom stereocenters. The van der Waals surface area contributed by atoms with Crippen molar-refractivity contribution in [2.45, 2.75) is 47.6 Å². The van der Waals surface area contributed by atoms with Crippen LogP contribution in [0.25, 0.3) is 11.0 Å². The third-order valence-corrected chi connectivity index (χ3v) is 3.48. The standard InChI is InChI=1S/C15H22N6O2/c1-6-9(4)17-19-14-12-13(21(7-2)20-18-12)11(10(5)16-14)15(22)23-8-3/h6-8H2,1-5H3,(H,16,19). The number of nitrogens with one attached hydrogen (secondary N) is 1. The summed E-state index contributed by atoms with van der Waals surface area (Å²) in [4.78, 5) is 16.7. The second-order valence-electron chi connectivity index (χ2n) is 5.06. The molecule has 124 valence electrons. The molecule has 0 bridgehead atoms. The van der Waals surface area contributed by atoms with Crippen molar-refractivity contribution >= 4 is 28.5 Å². The molecule has 2 aromatic rings. The molecule has 0 aliphatic rings. The Balaban J connectivity index is 2.63. The van der Waals surface area contributed by atoms with Crippen LogP contribution in [0.3, 0.4) is 0 Å². The molecule has 0 aliphatic heterocycles. The number of nitrogens with zero attached hydrogens (tertiary/aromatic N) is 5. The van der Waals surface area contributed by atoms with Gasteiger partial charge >= 0.3 is 5.97 Å². The molecule has 0 aliphatic carbocycles. The van der Waals surface area contributed by atoms with Gasteiger partial charge in [0.05, 0.1) is 12.3 Å². The monoisotopic (exact) mass is 318 g/mol. The topological polar surface area (TPSA) is 94.3 Å². The number of carbonyl (C=O) groups excluding carboxylic acids is 1. The first-order valence-electron chi connectivity index (χ1n) is 7.73. The Bertz CT molecular complexity index is 750. The molecule has 2 heterocycles. The minimum Gasteiger partial charge on any atom is -0.462 e. The summed E-state index contributed by atoms with van der Waals surface area (Å²) < 4.78 is 6.81. The summed E-state index contributed by atoms with van der Waals surface area (Å²) in [6.07, 6.45) is 0.831. The molecule has 2 aromatic heterocycles. The van der Waals surface area contributed by atoms with Crippen molar-refractivity contribution in [3.8, 4) is 0 Å². The number of esters is 1. The lowest BCUT2D eigenvalue weighted by molar-refractivity contribution is 0.0527. The molecule has 0 saturated carbocycles. The Morgan fingerprint density at radius 2 is 2.09 bits per heavy atom. The average molecular weight is 318 g/mol. The first-order valence-corrected chi connectivity index (χ1v) is 7.73. The van der Waals surface area contributed by atoms with Crippen molar-refractivity contribution < 1.29 is 9.53 Å². The van der Waals surface area contributed by atoms with Gasteiger partial charge < -0.3 is 4.74 Å². The number of anilines is 1. The summed E-state index contributed by atoms with van der Waals surface area (Å²) in [5, 5.41) is 12.5. The van der Waals surface area contributed by atoms with Gasteiger partial charge in [0.1, 0.15) is 11.1 Å². The van der Waals surface area contributed by atoms with Crippen LogP contribution in [0.4, 0.5) is 5.82 Å². The Morgan fingerprint density at radius 1 is 1.35 bits per heavy atom. The van der Waals surface area contributed by atoms with Gasteiger partial charge in [0.15, 0.2) is 11.3 Å². The fraction of sp³-hybridized carbons (Fsp3) is 0.533. The zero-order chi connectivity index (χ0) is 17.0. The lowest BCUT2D eigenvalue weighted by Crippen LogP contribution is -2.12. The molecule has 0 unspecified atom stereocenters. The van der Waals surface area contributed by atoms with Crippen LogP contribution in [0, 0.1) is 6.92 Å². The van der Waals surface area contributed by atoms with Gasteiger partial charge in [0.2, 0.25) is 0 Å². The molecule has 0 fully saturated rings. The minimum absolute atomic E-state index is 0.299. The molecule has 8 heteroatoms. The number of fused-ring (bicyclic) bond motifs is 1. The van der Waals surface area contributed by atoms with Crippen molar-refractivity contribution in [1.29, 1.82) is 0 Å². The predicted molar refractivity (Wildman–Crippen MR) is 88.7 cm³/mol. The van der Waals surface area contributed by atoms with Crippen LogP contribution in [0.15, 0.2) is 5.10 Å². The van der Waals surface area contributed by atoms with E-state index in [1.54, 1.807) is 18.5 Å². The van der Waals surface area contributed by atoms with Crippen molar-refractivity contribution in [3.63, 3.8) is 0 Å². The lowest BCUT2D eigenvalue weighted by atomic mass is 10.1. The second kappa shape index (κ2) is 7.17. The van der Waals surface area contributed by atoms with E-state index in [1.807, 2.05) is 20.8 Å². The van der Waals surface area contributed by atoms with Gasteiger partial charge in [-0.05, 0) is 34.1 Å². The first kappa shape index (κ1) is 16.9. The van der Waals surface area contributed by atoms with Gasteiger partial charge in [-0.15, -0.1) is 5.10 Å². The van der Waals surface area contributed by atoms with E-state index >= 15 is 0 Å². The molecular weight excluding hydrogens is 296 g/mol. The Hall–Kier alpha value is -2.51. The van der Waals surface area contributed by atoms with Gasteiger partial charge in [-0.2, -0.15) is 5.10 Å². The maximum absolute atomic E-state index is 12.3. The molecular formula is C15H22N6O2. The van der Waals surface area contributed by atoms with Gasteiger partial charge in [-0.25, -0.2) is 14.5 Å². The zero-order valence-electron chi connectivity index (χ0n) is 14.2. The van der Waals surface area contributed by atoms with Crippen molar-refractivity contribution in [2.75, 3.05) is 12.0 Å². The summed E-state index contributed by atoms with van der Waals surface area (Å²) in [6.45, 7) is 10.3. The van der Waals surface area contributed by atoms with Gasteiger partial charge in [0.25, 0.3) is 0 Å². The van der Waals surface area contributed by atoms with Crippen LogP contribution < -0.4 is 5.43 Å². The average Bonchev–Trinajstić information content (AvgIpc) is 2.96. The van der Waals surface area contributed by atoms with Crippen LogP contribution in [0.2, 0.25) is 0 Å². The number of aromatic nitrogens is 4. The number of hydrogen-bond donors (Lipinski definition) is 1. The Kier molecular flexibility index (Phi) is 5.25. The van der Waals surface area contributed by atoms with E-state index in [0.717, 1.165) is 12.1 Å². The second-order valence-corrected chi connectivity index (χ2v) is 5.06. The van der Waals surface area contributed by atoms with Crippen molar-refractivity contribution in [3.05, 3.63) is 11.3 Å². The van der Waals surface area contributed by atoms with E-state index in [4.69, 9.17) is 4.74 Å². The lowest BCUT2D eigenvalue weighted by Gasteiger charge is -2.10. The molecule has 0 radical (unpaired) electrons. The summed E-state index contributed by atoms with van der Waals surface area (Å²) in [7, 11) is 0. The number of carbonyl (C=O) groups is 1. The summed E-state index contributed by atoms with van der Waals surface area (Å²) in [5.74, 6) is 0.0670. The quantitative estimate of drug-likeness (QED) is 0.499. The van der Waals surface area contributed by atoms with Gasteiger partial charge in [0, 0.05) is 12.3 Å². The van der Waals surface area contributed by atoms with Gasteiger partial charge in [-0.3, -0.25) is 5.43 Å². The Labute approximate surface area is 134 Å². The SMILES string of the molecule is CCOC(=O)c1c(C)nc(NN=C(C)CC)c2nnn(CC)c12. The fourth-order valence-corrected chi connectivity index (χ4v) is 2.14. The van der Waals surface area contributed by atoms with Crippen LogP contribution in [0.5, 0.6) is 0 Å². The van der Waals surface area contributed by atoms with E-state index in [0.29, 0.717) is 41.3 Å². The maximum atomic E-state index is 12.3. The normalized spacial score (nSPS) is 11.8. The smallest absolute Gasteiger partial charge is 0.342 e. The Morgan fingerprint density at radius 3 is 2.70 bits per heavy atom. The molecule has 0 amide bonds. The van der Waals surface area contributed by atoms with E-state index < -0.39 is 5.97 Å². The third kappa shape index (κ3) is 3.30. The van der Waals surface area contributed by atoms with Crippen LogP contribution in [-0.2, 0) is 11.3 Å². The molecule has 0 saturated heterocycles. The molecule has 0 spiro atoms. The minimum atomic E-state index is -0.417. The van der Waals surface area contributed by atoms with E-state index in [2.05, 4.69) is 25.8 Å². The molecule has 23 heavy (non-hydrogen) atoms. The zero-order valence-corrected chi connectivity index (χ0v) is 14.2. The summed E-state index contributed by atoms with van der Waals surface area (Å²) in [5.41, 5.74) is 5.94. The number of ether oxygens (including phenoxy) is 1. The fourth-order valence-electron chi connectivity index (χ4n) is 2.14. The number of hydrazone groups is 1. The highest BCUT2D eigenvalue weighted by atomic mass is 16.5.